The van der Waals surface area contributed by atoms with E-state index >= 15 is 0 Å². The molecule has 0 atom stereocenters. The molecule has 0 aliphatic carbocycles. The molecule has 1 N–H and O–H groups in total. The predicted octanol–water partition coefficient (Wildman–Crippen LogP) is 2.99. The third-order valence-electron chi connectivity index (χ3n) is 4.21. The summed E-state index contributed by atoms with van der Waals surface area (Å²) in [5.41, 5.74) is -1.13. The van der Waals surface area contributed by atoms with Gasteiger partial charge in [-0.1, -0.05) is 0 Å². The van der Waals surface area contributed by atoms with Crippen molar-refractivity contribution in [3.05, 3.63) is 35.4 Å². The molecule has 1 fully saturated rings. The topological polar surface area (TPSA) is 61.9 Å². The van der Waals surface area contributed by atoms with Crippen molar-refractivity contribution in [1.82, 2.24) is 15.1 Å². The molecule has 1 aliphatic heterocycles. The number of hydrogen-bond acceptors (Lipinski definition) is 4. The van der Waals surface area contributed by atoms with Crippen LogP contribution in [0, 0.1) is 0 Å². The fourth-order valence-corrected chi connectivity index (χ4v) is 2.72. The van der Waals surface area contributed by atoms with Crippen molar-refractivity contribution in [3.8, 4) is 0 Å². The Bertz CT molecular complexity index is 676. The number of rotatable bonds is 4. The first-order valence-corrected chi connectivity index (χ1v) is 9.11. The van der Waals surface area contributed by atoms with Crippen molar-refractivity contribution >= 4 is 12.0 Å². The molecule has 6 nitrogen and oxygen atoms in total. The molecule has 1 saturated heterocycles. The number of amides is 2. The Kier molecular flexibility index (Phi) is 6.92. The Balaban J connectivity index is 1.71. The molecule has 0 saturated carbocycles. The molecule has 28 heavy (non-hydrogen) atoms. The number of hydrogen-bond donors (Lipinski definition) is 1. The lowest BCUT2D eigenvalue weighted by atomic mass is 10.1. The van der Waals surface area contributed by atoms with E-state index in [1.54, 1.807) is 4.90 Å². The monoisotopic (exact) mass is 401 g/mol. The number of ether oxygens (including phenoxy) is 1. The molecule has 156 valence electrons. The Morgan fingerprint density at radius 3 is 2.11 bits per heavy atom. The maximum absolute atomic E-state index is 12.5. The number of alkyl halides is 3. The average Bonchev–Trinajstić information content (AvgIpc) is 2.60. The minimum atomic E-state index is -4.42. The second-order valence-corrected chi connectivity index (χ2v) is 7.64. The highest BCUT2D eigenvalue weighted by molar-refractivity contribution is 5.94. The summed E-state index contributed by atoms with van der Waals surface area (Å²) in [5.74, 6) is -0.416. The van der Waals surface area contributed by atoms with Crippen molar-refractivity contribution in [1.29, 1.82) is 0 Å². The highest BCUT2D eigenvalue weighted by Crippen LogP contribution is 2.29. The van der Waals surface area contributed by atoms with Gasteiger partial charge in [0.2, 0.25) is 0 Å². The quantitative estimate of drug-likeness (QED) is 0.843. The highest BCUT2D eigenvalue weighted by atomic mass is 19.4. The molecule has 0 bridgehead atoms. The van der Waals surface area contributed by atoms with E-state index in [2.05, 4.69) is 10.2 Å². The molecule has 2 amide bonds. The van der Waals surface area contributed by atoms with E-state index in [0.717, 1.165) is 24.3 Å². The van der Waals surface area contributed by atoms with Crippen LogP contribution in [-0.4, -0.2) is 66.7 Å². The second kappa shape index (κ2) is 8.81. The first-order valence-electron chi connectivity index (χ1n) is 9.11. The average molecular weight is 401 g/mol. The third-order valence-corrected chi connectivity index (χ3v) is 4.21. The lowest BCUT2D eigenvalue weighted by Gasteiger charge is -2.35. The normalized spacial score (nSPS) is 16.0. The minimum absolute atomic E-state index is 0.183. The first-order chi connectivity index (χ1) is 13.0. The summed E-state index contributed by atoms with van der Waals surface area (Å²) in [6, 6.07) is 4.12. The van der Waals surface area contributed by atoms with Gasteiger partial charge >= 0.3 is 12.3 Å². The predicted molar refractivity (Wildman–Crippen MR) is 98.0 cm³/mol. The highest BCUT2D eigenvalue weighted by Gasteiger charge is 2.30. The van der Waals surface area contributed by atoms with E-state index in [1.165, 1.54) is 0 Å². The number of carbonyl (C=O) groups excluding carboxylic acids is 2. The van der Waals surface area contributed by atoms with Crippen molar-refractivity contribution in [3.63, 3.8) is 0 Å². The smallest absolute Gasteiger partial charge is 0.416 e. The fraction of sp³-hybridized carbons (Fsp3) is 0.579. The molecular weight excluding hydrogens is 375 g/mol. The van der Waals surface area contributed by atoms with Gasteiger partial charge in [0.15, 0.2) is 0 Å². The van der Waals surface area contributed by atoms with Gasteiger partial charge in [-0.05, 0) is 45.0 Å². The molecule has 2 rings (SSSR count). The summed E-state index contributed by atoms with van der Waals surface area (Å²) < 4.78 is 43.0. The Morgan fingerprint density at radius 1 is 1.04 bits per heavy atom. The summed E-state index contributed by atoms with van der Waals surface area (Å²) in [4.78, 5) is 27.8. The molecule has 0 unspecified atom stereocenters. The molecular formula is C19H26F3N3O3. The van der Waals surface area contributed by atoms with Gasteiger partial charge in [0, 0.05) is 44.8 Å². The largest absolute Gasteiger partial charge is 0.444 e. The van der Waals surface area contributed by atoms with Crippen LogP contribution in [0.25, 0.3) is 0 Å². The van der Waals surface area contributed by atoms with E-state index in [1.807, 2.05) is 20.8 Å². The molecule has 1 aromatic rings. The molecule has 0 radical (unpaired) electrons. The van der Waals surface area contributed by atoms with Gasteiger partial charge in [-0.25, -0.2) is 4.79 Å². The number of halogens is 3. The third kappa shape index (κ3) is 6.70. The summed E-state index contributed by atoms with van der Waals surface area (Å²) in [6.45, 7) is 8.83. The van der Waals surface area contributed by atoms with Crippen LogP contribution in [0.1, 0.15) is 36.7 Å². The molecule has 1 aliphatic rings. The summed E-state index contributed by atoms with van der Waals surface area (Å²) in [7, 11) is 0. The zero-order valence-electron chi connectivity index (χ0n) is 16.3. The van der Waals surface area contributed by atoms with E-state index in [0.29, 0.717) is 39.3 Å². The Hall–Kier alpha value is -2.29. The number of carbonyl (C=O) groups is 2. The molecule has 9 heteroatoms. The molecule has 1 heterocycles. The second-order valence-electron chi connectivity index (χ2n) is 7.64. The van der Waals surface area contributed by atoms with Crippen LogP contribution in [0.15, 0.2) is 24.3 Å². The van der Waals surface area contributed by atoms with Crippen LogP contribution in [0.4, 0.5) is 18.0 Å². The lowest BCUT2D eigenvalue weighted by molar-refractivity contribution is -0.137. The maximum Gasteiger partial charge on any atom is 0.416 e. The molecule has 0 spiro atoms. The van der Waals surface area contributed by atoms with Crippen molar-refractivity contribution in [2.24, 2.45) is 0 Å². The lowest BCUT2D eigenvalue weighted by Crippen LogP contribution is -2.51. The van der Waals surface area contributed by atoms with E-state index < -0.39 is 23.2 Å². The van der Waals surface area contributed by atoms with Gasteiger partial charge in [0.1, 0.15) is 5.60 Å². The summed E-state index contributed by atoms with van der Waals surface area (Å²) in [5, 5.41) is 2.70. The van der Waals surface area contributed by atoms with E-state index in [9.17, 15) is 22.8 Å². The van der Waals surface area contributed by atoms with Crippen molar-refractivity contribution < 1.29 is 27.5 Å². The minimum Gasteiger partial charge on any atom is -0.444 e. The summed E-state index contributed by atoms with van der Waals surface area (Å²) >= 11 is 0. The zero-order valence-corrected chi connectivity index (χ0v) is 16.3. The first kappa shape index (κ1) is 22.0. The van der Waals surface area contributed by atoms with Crippen LogP contribution < -0.4 is 5.32 Å². The standard InChI is InChI=1S/C19H26F3N3O3/c1-18(2,3)28-17(27)25-12-10-24(11-13-25)9-8-23-16(26)14-4-6-15(7-5-14)19(20,21)22/h4-7H,8-13H2,1-3H3,(H,23,26). The molecule has 1 aromatic carbocycles. The van der Waals surface area contributed by atoms with Gasteiger partial charge in [-0.3, -0.25) is 9.69 Å². The van der Waals surface area contributed by atoms with E-state index in [-0.39, 0.29) is 11.7 Å². The number of nitrogens with one attached hydrogen (secondary N) is 1. The zero-order chi connectivity index (χ0) is 20.9. The van der Waals surface area contributed by atoms with Crippen molar-refractivity contribution in [2.45, 2.75) is 32.5 Å². The van der Waals surface area contributed by atoms with Gasteiger partial charge < -0.3 is 15.0 Å². The van der Waals surface area contributed by atoms with Crippen LogP contribution in [0.3, 0.4) is 0 Å². The van der Waals surface area contributed by atoms with Gasteiger partial charge in [0.05, 0.1) is 5.56 Å². The van der Waals surface area contributed by atoms with Gasteiger partial charge in [-0.15, -0.1) is 0 Å². The maximum atomic E-state index is 12.5. The number of nitrogens with zero attached hydrogens (tertiary/aromatic N) is 2. The Morgan fingerprint density at radius 2 is 1.61 bits per heavy atom. The van der Waals surface area contributed by atoms with Crippen molar-refractivity contribution in [2.75, 3.05) is 39.3 Å². The SMILES string of the molecule is CC(C)(C)OC(=O)N1CCN(CCNC(=O)c2ccc(C(F)(F)F)cc2)CC1. The van der Waals surface area contributed by atoms with Crippen LogP contribution >= 0.6 is 0 Å². The Labute approximate surface area is 162 Å². The van der Waals surface area contributed by atoms with Crippen LogP contribution in [0.2, 0.25) is 0 Å². The van der Waals surface area contributed by atoms with Gasteiger partial charge in [0.25, 0.3) is 5.91 Å². The number of benzene rings is 1. The van der Waals surface area contributed by atoms with Crippen LogP contribution in [0.5, 0.6) is 0 Å². The molecule has 0 aromatic heterocycles. The van der Waals surface area contributed by atoms with Crippen LogP contribution in [-0.2, 0) is 10.9 Å². The van der Waals surface area contributed by atoms with Gasteiger partial charge in [-0.2, -0.15) is 13.2 Å². The van der Waals surface area contributed by atoms with E-state index in [4.69, 9.17) is 4.74 Å². The number of piperazine rings is 1. The fourth-order valence-electron chi connectivity index (χ4n) is 2.72. The summed E-state index contributed by atoms with van der Waals surface area (Å²) in [6.07, 6.45) is -4.75.